The Morgan fingerprint density at radius 2 is 1.81 bits per heavy atom. The molecule has 2 aromatic carbocycles. The summed E-state index contributed by atoms with van der Waals surface area (Å²) in [4.78, 5) is 28.8. The normalized spacial score (nSPS) is 21.8. The van der Waals surface area contributed by atoms with E-state index in [1.54, 1.807) is 0 Å². The first-order valence-electron chi connectivity index (χ1n) is 9.11. The predicted octanol–water partition coefficient (Wildman–Crippen LogP) is 2.95. The largest absolute Gasteiger partial charge is 0.336 e. The molecule has 2 aliphatic heterocycles. The molecular weight excluding hydrogens is 326 g/mol. The van der Waals surface area contributed by atoms with Crippen molar-refractivity contribution in [3.63, 3.8) is 0 Å². The molecule has 2 unspecified atom stereocenters. The van der Waals surface area contributed by atoms with Gasteiger partial charge >= 0.3 is 6.03 Å². The zero-order valence-corrected chi connectivity index (χ0v) is 14.9. The highest BCUT2D eigenvalue weighted by molar-refractivity contribution is 5.95. The van der Waals surface area contributed by atoms with E-state index in [9.17, 15) is 9.59 Å². The molecule has 1 N–H and O–H groups in total. The first-order chi connectivity index (χ1) is 12.6. The zero-order chi connectivity index (χ0) is 18.1. The number of fused-ring (bicyclic) bond motifs is 1. The van der Waals surface area contributed by atoms with Crippen molar-refractivity contribution in [3.05, 3.63) is 65.7 Å². The van der Waals surface area contributed by atoms with Crippen LogP contribution in [0, 0.1) is 0 Å². The Labute approximate surface area is 153 Å². The molecule has 134 valence electrons. The lowest BCUT2D eigenvalue weighted by Gasteiger charge is -2.25. The van der Waals surface area contributed by atoms with Crippen molar-refractivity contribution in [1.82, 2.24) is 10.2 Å². The molecule has 2 aliphatic rings. The zero-order valence-electron chi connectivity index (χ0n) is 14.9. The molecular formula is C21H23N3O2. The predicted molar refractivity (Wildman–Crippen MR) is 101 cm³/mol. The number of likely N-dealkylation sites (tertiary alicyclic amines) is 1. The van der Waals surface area contributed by atoms with Crippen LogP contribution in [-0.2, 0) is 17.8 Å². The molecule has 5 heteroatoms. The third-order valence-electron chi connectivity index (χ3n) is 5.18. The molecule has 0 saturated carbocycles. The summed E-state index contributed by atoms with van der Waals surface area (Å²) in [6.45, 7) is 3.21. The maximum Gasteiger partial charge on any atom is 0.322 e. The maximum absolute atomic E-state index is 12.8. The number of hydrogen-bond acceptors (Lipinski definition) is 2. The Kier molecular flexibility index (Phi) is 4.37. The number of carbonyl (C=O) groups excluding carboxylic acids is 2. The van der Waals surface area contributed by atoms with E-state index in [4.69, 9.17) is 0 Å². The molecule has 2 heterocycles. The highest BCUT2D eigenvalue weighted by atomic mass is 16.2. The fourth-order valence-electron chi connectivity index (χ4n) is 3.94. The van der Waals surface area contributed by atoms with Crippen LogP contribution in [0.15, 0.2) is 54.6 Å². The van der Waals surface area contributed by atoms with Gasteiger partial charge in [0.15, 0.2) is 0 Å². The number of hydrogen-bond donors (Lipinski definition) is 1. The van der Waals surface area contributed by atoms with Crippen molar-refractivity contribution < 1.29 is 9.59 Å². The summed E-state index contributed by atoms with van der Waals surface area (Å²) in [6, 6.07) is 17.8. The minimum absolute atomic E-state index is 0.0917. The summed E-state index contributed by atoms with van der Waals surface area (Å²) in [6.07, 6.45) is 1.23. The molecule has 3 amide bonds. The third-order valence-corrected chi connectivity index (χ3v) is 5.18. The first-order valence-corrected chi connectivity index (χ1v) is 9.11. The van der Waals surface area contributed by atoms with E-state index in [-0.39, 0.29) is 24.0 Å². The van der Waals surface area contributed by atoms with E-state index in [1.165, 1.54) is 5.56 Å². The number of benzene rings is 2. The van der Waals surface area contributed by atoms with E-state index in [2.05, 4.69) is 18.3 Å². The second kappa shape index (κ2) is 6.83. The number of urea groups is 1. The topological polar surface area (TPSA) is 52.7 Å². The monoisotopic (exact) mass is 349 g/mol. The lowest BCUT2D eigenvalue weighted by atomic mass is 10.1. The van der Waals surface area contributed by atoms with E-state index in [1.807, 2.05) is 58.3 Å². The van der Waals surface area contributed by atoms with Crippen LogP contribution >= 0.6 is 0 Å². The van der Waals surface area contributed by atoms with Crippen molar-refractivity contribution in [1.29, 1.82) is 0 Å². The minimum Gasteiger partial charge on any atom is -0.336 e. The molecule has 4 rings (SSSR count). The van der Waals surface area contributed by atoms with Crippen LogP contribution in [0.4, 0.5) is 10.5 Å². The van der Waals surface area contributed by atoms with Crippen LogP contribution in [0.2, 0.25) is 0 Å². The summed E-state index contributed by atoms with van der Waals surface area (Å²) in [5.41, 5.74) is 3.28. The molecule has 0 spiro atoms. The van der Waals surface area contributed by atoms with E-state index < -0.39 is 0 Å². The van der Waals surface area contributed by atoms with Crippen molar-refractivity contribution in [2.45, 2.75) is 38.4 Å². The number of amides is 3. The summed E-state index contributed by atoms with van der Waals surface area (Å²) < 4.78 is 0. The van der Waals surface area contributed by atoms with Gasteiger partial charge in [0.05, 0.1) is 6.04 Å². The minimum atomic E-state index is -0.140. The van der Waals surface area contributed by atoms with Gasteiger partial charge in [-0.25, -0.2) is 4.79 Å². The highest BCUT2D eigenvalue weighted by Gasteiger charge is 2.35. The van der Waals surface area contributed by atoms with Gasteiger partial charge in [0.1, 0.15) is 0 Å². The van der Waals surface area contributed by atoms with Crippen LogP contribution < -0.4 is 10.2 Å². The van der Waals surface area contributed by atoms with Crippen molar-refractivity contribution in [2.75, 3.05) is 11.4 Å². The summed E-state index contributed by atoms with van der Waals surface area (Å²) >= 11 is 0. The van der Waals surface area contributed by atoms with Crippen molar-refractivity contribution in [2.24, 2.45) is 0 Å². The third kappa shape index (κ3) is 3.17. The van der Waals surface area contributed by atoms with Crippen molar-refractivity contribution in [3.8, 4) is 0 Å². The fourth-order valence-corrected chi connectivity index (χ4v) is 3.94. The van der Waals surface area contributed by atoms with Gasteiger partial charge in [-0.2, -0.15) is 0 Å². The Hall–Kier alpha value is -2.82. The number of para-hydroxylation sites is 1. The first kappa shape index (κ1) is 16.6. The smallest absolute Gasteiger partial charge is 0.322 e. The molecule has 0 bridgehead atoms. The van der Waals surface area contributed by atoms with Crippen LogP contribution in [-0.4, -0.2) is 35.5 Å². The van der Waals surface area contributed by atoms with Gasteiger partial charge < -0.3 is 10.2 Å². The van der Waals surface area contributed by atoms with Gasteiger partial charge in [-0.3, -0.25) is 9.69 Å². The molecule has 5 nitrogen and oxygen atoms in total. The molecule has 1 saturated heterocycles. The van der Waals surface area contributed by atoms with Crippen LogP contribution in [0.5, 0.6) is 0 Å². The van der Waals surface area contributed by atoms with Gasteiger partial charge in [0.2, 0.25) is 5.91 Å². The van der Waals surface area contributed by atoms with Crippen LogP contribution in [0.3, 0.4) is 0 Å². The van der Waals surface area contributed by atoms with E-state index in [0.29, 0.717) is 19.5 Å². The van der Waals surface area contributed by atoms with Gasteiger partial charge in [-0.15, -0.1) is 0 Å². The second-order valence-corrected chi connectivity index (χ2v) is 7.16. The van der Waals surface area contributed by atoms with Crippen LogP contribution in [0.1, 0.15) is 24.5 Å². The molecule has 26 heavy (non-hydrogen) atoms. The average molecular weight is 349 g/mol. The molecule has 2 atom stereocenters. The summed E-state index contributed by atoms with van der Waals surface area (Å²) in [5.74, 6) is 0.0917. The summed E-state index contributed by atoms with van der Waals surface area (Å²) in [7, 11) is 0. The quantitative estimate of drug-likeness (QED) is 0.926. The van der Waals surface area contributed by atoms with Gasteiger partial charge in [-0.05, 0) is 30.5 Å². The molecule has 0 aliphatic carbocycles. The second-order valence-electron chi connectivity index (χ2n) is 7.16. The lowest BCUT2D eigenvalue weighted by Crippen LogP contribution is -2.48. The Bertz CT molecular complexity index is 821. The number of nitrogens with one attached hydrogen (secondary N) is 1. The number of nitrogens with zero attached hydrogens (tertiary/aromatic N) is 2. The Balaban J connectivity index is 1.40. The van der Waals surface area contributed by atoms with Crippen LogP contribution in [0.25, 0.3) is 0 Å². The lowest BCUT2D eigenvalue weighted by molar-refractivity contribution is -0.128. The van der Waals surface area contributed by atoms with Gasteiger partial charge in [0.25, 0.3) is 0 Å². The summed E-state index contributed by atoms with van der Waals surface area (Å²) in [5, 5.41) is 3.06. The SMILES string of the molecule is CC1Cc2ccccc2N1C(=O)NC1CC(=O)N(Cc2ccccc2)C1. The fraction of sp³-hybridized carbons (Fsp3) is 0.333. The highest BCUT2D eigenvalue weighted by Crippen LogP contribution is 2.31. The molecule has 1 fully saturated rings. The Morgan fingerprint density at radius 1 is 1.08 bits per heavy atom. The van der Waals surface area contributed by atoms with Crippen molar-refractivity contribution >= 4 is 17.6 Å². The standard InChI is InChI=1S/C21H23N3O2/c1-15-11-17-9-5-6-10-19(17)24(15)21(26)22-18-12-20(25)23(14-18)13-16-7-3-2-4-8-16/h2-10,15,18H,11-14H2,1H3,(H,22,26). The number of anilines is 1. The molecule has 2 aromatic rings. The number of carbonyl (C=O) groups is 2. The molecule has 0 aromatic heterocycles. The maximum atomic E-state index is 12.8. The molecule has 0 radical (unpaired) electrons. The number of rotatable bonds is 3. The van der Waals surface area contributed by atoms with Gasteiger partial charge in [0, 0.05) is 31.2 Å². The van der Waals surface area contributed by atoms with E-state index in [0.717, 1.165) is 17.7 Å². The average Bonchev–Trinajstić information content (AvgIpc) is 3.14. The van der Waals surface area contributed by atoms with Gasteiger partial charge in [-0.1, -0.05) is 48.5 Å². The Morgan fingerprint density at radius 3 is 2.62 bits per heavy atom. The van der Waals surface area contributed by atoms with E-state index >= 15 is 0 Å².